The summed E-state index contributed by atoms with van der Waals surface area (Å²) in [5.41, 5.74) is 2.96. The zero-order valence-corrected chi connectivity index (χ0v) is 16.5. The third-order valence-corrected chi connectivity index (χ3v) is 4.96. The van der Waals surface area contributed by atoms with Gasteiger partial charge in [0, 0.05) is 16.7 Å². The normalized spacial score (nSPS) is 14.3. The van der Waals surface area contributed by atoms with Gasteiger partial charge in [-0.25, -0.2) is 4.79 Å². The van der Waals surface area contributed by atoms with Crippen molar-refractivity contribution in [2.45, 2.75) is 39.7 Å². The standard InChI is InChI=1S/C18H25O8P/c1-4-11(8-25-10-27(21,22)23)6-7-13-16(19)15-14(9-26-18(15)20)12(5-2)17(13)24-3/h6,19H,4-5,7-10H2,1-3H3,(H2,21,22,23). The first-order valence-corrected chi connectivity index (χ1v) is 10.4. The van der Waals surface area contributed by atoms with Gasteiger partial charge in [-0.05, 0) is 24.8 Å². The Labute approximate surface area is 157 Å². The van der Waals surface area contributed by atoms with Gasteiger partial charge in [0.25, 0.3) is 0 Å². The Morgan fingerprint density at radius 1 is 1.30 bits per heavy atom. The van der Waals surface area contributed by atoms with Crippen molar-refractivity contribution in [1.82, 2.24) is 0 Å². The zero-order valence-electron chi connectivity index (χ0n) is 15.7. The number of hydrogen-bond acceptors (Lipinski definition) is 6. The molecular formula is C18H25O8P. The Kier molecular flexibility index (Phi) is 7.06. The van der Waals surface area contributed by atoms with Crippen molar-refractivity contribution in [3.05, 3.63) is 33.9 Å². The number of ether oxygens (including phenoxy) is 3. The summed E-state index contributed by atoms with van der Waals surface area (Å²) in [7, 11) is -2.71. The number of methoxy groups -OCH3 is 1. The van der Waals surface area contributed by atoms with Crippen LogP contribution in [0.3, 0.4) is 0 Å². The molecule has 0 saturated heterocycles. The lowest BCUT2D eigenvalue weighted by Gasteiger charge is -2.17. The summed E-state index contributed by atoms with van der Waals surface area (Å²) in [4.78, 5) is 29.7. The minimum Gasteiger partial charge on any atom is -0.507 e. The number of aromatic hydroxyl groups is 1. The molecule has 0 amide bonds. The van der Waals surface area contributed by atoms with Gasteiger partial charge in [-0.1, -0.05) is 19.9 Å². The predicted octanol–water partition coefficient (Wildman–Crippen LogP) is 2.66. The van der Waals surface area contributed by atoms with Crippen molar-refractivity contribution in [3.8, 4) is 11.5 Å². The summed E-state index contributed by atoms with van der Waals surface area (Å²) < 4.78 is 26.5. The Morgan fingerprint density at radius 3 is 2.56 bits per heavy atom. The first-order valence-electron chi connectivity index (χ1n) is 8.64. The van der Waals surface area contributed by atoms with E-state index in [1.165, 1.54) is 7.11 Å². The van der Waals surface area contributed by atoms with E-state index < -0.39 is 19.9 Å². The lowest BCUT2D eigenvalue weighted by molar-refractivity contribution is 0.0532. The lowest BCUT2D eigenvalue weighted by Crippen LogP contribution is -2.05. The summed E-state index contributed by atoms with van der Waals surface area (Å²) in [6.45, 7) is 4.01. The number of carbonyl (C=O) groups excluding carboxylic acids is 1. The summed E-state index contributed by atoms with van der Waals surface area (Å²) in [5.74, 6) is -0.176. The highest BCUT2D eigenvalue weighted by Gasteiger charge is 2.32. The van der Waals surface area contributed by atoms with Crippen molar-refractivity contribution in [1.29, 1.82) is 0 Å². The van der Waals surface area contributed by atoms with Crippen molar-refractivity contribution >= 4 is 13.6 Å². The molecule has 9 heteroatoms. The van der Waals surface area contributed by atoms with Gasteiger partial charge in [0.05, 0.1) is 13.7 Å². The molecular weight excluding hydrogens is 375 g/mol. The minimum absolute atomic E-state index is 0.0678. The van der Waals surface area contributed by atoms with Crippen LogP contribution < -0.4 is 4.74 Å². The number of phenols is 1. The van der Waals surface area contributed by atoms with Gasteiger partial charge in [0.2, 0.25) is 0 Å². The quantitative estimate of drug-likeness (QED) is 0.328. The molecule has 0 bridgehead atoms. The van der Waals surface area contributed by atoms with Crippen LogP contribution in [-0.4, -0.2) is 40.9 Å². The molecule has 8 nitrogen and oxygen atoms in total. The summed E-state index contributed by atoms with van der Waals surface area (Å²) in [6.07, 6.45) is 2.67. The largest absolute Gasteiger partial charge is 0.507 e. The van der Waals surface area contributed by atoms with E-state index >= 15 is 0 Å². The molecule has 0 unspecified atom stereocenters. The fourth-order valence-corrected chi connectivity index (χ4v) is 3.45. The van der Waals surface area contributed by atoms with Gasteiger partial charge in [-0.15, -0.1) is 0 Å². The molecule has 0 aromatic heterocycles. The van der Waals surface area contributed by atoms with Gasteiger partial charge >= 0.3 is 13.6 Å². The topological polar surface area (TPSA) is 123 Å². The molecule has 0 saturated carbocycles. The SMILES string of the molecule is CCC(=CCc1c(O)c2c(c(CC)c1OC)COC2=O)COCP(=O)(O)O. The Morgan fingerprint density at radius 2 is 2.00 bits per heavy atom. The van der Waals surface area contributed by atoms with E-state index in [4.69, 9.17) is 24.0 Å². The second-order valence-electron chi connectivity index (χ2n) is 6.18. The monoisotopic (exact) mass is 400 g/mol. The first kappa shape index (κ1) is 21.4. The molecule has 27 heavy (non-hydrogen) atoms. The van der Waals surface area contributed by atoms with Crippen molar-refractivity contribution in [3.63, 3.8) is 0 Å². The van der Waals surface area contributed by atoms with E-state index in [0.29, 0.717) is 29.7 Å². The highest BCUT2D eigenvalue weighted by Crippen LogP contribution is 2.42. The maximum Gasteiger partial charge on any atom is 0.350 e. The number of esters is 1. The number of carbonyl (C=O) groups is 1. The zero-order chi connectivity index (χ0) is 20.2. The molecule has 1 aliphatic heterocycles. The maximum absolute atomic E-state index is 12.0. The number of rotatable bonds is 9. The summed E-state index contributed by atoms with van der Waals surface area (Å²) in [5, 5.41) is 10.6. The van der Waals surface area contributed by atoms with E-state index in [1.54, 1.807) is 0 Å². The number of cyclic esters (lactones) is 1. The molecule has 1 aromatic rings. The van der Waals surface area contributed by atoms with Gasteiger partial charge in [0.1, 0.15) is 30.0 Å². The number of phenolic OH excluding ortho intramolecular Hbond substituents is 1. The average Bonchev–Trinajstić information content (AvgIpc) is 2.99. The highest BCUT2D eigenvalue weighted by molar-refractivity contribution is 7.51. The van der Waals surface area contributed by atoms with E-state index in [1.807, 2.05) is 19.9 Å². The maximum atomic E-state index is 12.0. The molecule has 150 valence electrons. The van der Waals surface area contributed by atoms with Crippen LogP contribution in [0.4, 0.5) is 0 Å². The number of allylic oxidation sites excluding steroid dienone is 1. The molecule has 0 aliphatic carbocycles. The second-order valence-corrected chi connectivity index (χ2v) is 7.77. The average molecular weight is 400 g/mol. The third-order valence-electron chi connectivity index (χ3n) is 4.44. The fourth-order valence-electron chi connectivity index (χ4n) is 3.12. The highest BCUT2D eigenvalue weighted by atomic mass is 31.2. The van der Waals surface area contributed by atoms with Crippen LogP contribution in [0, 0.1) is 0 Å². The molecule has 0 radical (unpaired) electrons. The van der Waals surface area contributed by atoms with E-state index in [9.17, 15) is 14.5 Å². The number of fused-ring (bicyclic) bond motifs is 1. The van der Waals surface area contributed by atoms with E-state index in [2.05, 4.69) is 0 Å². The molecule has 1 aliphatic rings. The predicted molar refractivity (Wildman–Crippen MR) is 98.1 cm³/mol. The van der Waals surface area contributed by atoms with Gasteiger partial charge in [-0.3, -0.25) is 4.57 Å². The van der Waals surface area contributed by atoms with Crippen molar-refractivity contribution < 1.29 is 38.5 Å². The molecule has 0 fully saturated rings. The molecule has 2 rings (SSSR count). The van der Waals surface area contributed by atoms with Gasteiger partial charge < -0.3 is 29.1 Å². The van der Waals surface area contributed by atoms with Crippen LogP contribution in [0.25, 0.3) is 0 Å². The van der Waals surface area contributed by atoms with Gasteiger partial charge in [-0.2, -0.15) is 0 Å². The summed E-state index contributed by atoms with van der Waals surface area (Å²) >= 11 is 0. The Bertz CT molecular complexity index is 793. The number of benzene rings is 1. The van der Waals surface area contributed by atoms with Crippen LogP contribution in [-0.2, 0) is 33.5 Å². The van der Waals surface area contributed by atoms with Crippen molar-refractivity contribution in [2.75, 3.05) is 20.1 Å². The van der Waals surface area contributed by atoms with Crippen LogP contribution in [0.2, 0.25) is 0 Å². The van der Waals surface area contributed by atoms with Crippen molar-refractivity contribution in [2.24, 2.45) is 0 Å². The molecule has 1 aromatic carbocycles. The van der Waals surface area contributed by atoms with E-state index in [0.717, 1.165) is 11.1 Å². The third kappa shape index (κ3) is 4.90. The Hall–Kier alpha value is -1.86. The number of hydrogen-bond donors (Lipinski definition) is 3. The first-order chi connectivity index (χ1) is 12.7. The Balaban J connectivity index is 2.33. The van der Waals surface area contributed by atoms with Crippen LogP contribution in [0.1, 0.15) is 47.3 Å². The fraction of sp³-hybridized carbons (Fsp3) is 0.500. The lowest BCUT2D eigenvalue weighted by atomic mass is 9.93. The molecule has 1 heterocycles. The smallest absolute Gasteiger partial charge is 0.350 e. The van der Waals surface area contributed by atoms with Crippen LogP contribution in [0.5, 0.6) is 11.5 Å². The van der Waals surface area contributed by atoms with E-state index in [-0.39, 0.29) is 30.9 Å². The van der Waals surface area contributed by atoms with Crippen LogP contribution in [0.15, 0.2) is 11.6 Å². The second kappa shape index (κ2) is 8.89. The summed E-state index contributed by atoms with van der Waals surface area (Å²) in [6, 6.07) is 0. The molecule has 0 atom stereocenters. The van der Waals surface area contributed by atoms with Crippen LogP contribution >= 0.6 is 7.60 Å². The molecule has 0 spiro atoms. The minimum atomic E-state index is -4.22. The molecule has 3 N–H and O–H groups in total. The van der Waals surface area contributed by atoms with Gasteiger partial charge in [0.15, 0.2) is 0 Å².